The number of aliphatic hydroxyl groups excluding tert-OH is 1. The van der Waals surface area contributed by atoms with E-state index in [0.29, 0.717) is 49.8 Å². The summed E-state index contributed by atoms with van der Waals surface area (Å²) >= 11 is 0. The summed E-state index contributed by atoms with van der Waals surface area (Å²) in [6.45, 7) is 9.39. The van der Waals surface area contributed by atoms with Crippen molar-refractivity contribution in [3.8, 4) is 0 Å². The Kier molecular flexibility index (Phi) is 10.0. The third-order valence-corrected chi connectivity index (χ3v) is 7.65. The number of carbonyl (C=O) groups excluding carboxylic acids is 2. The average Bonchev–Trinajstić information content (AvgIpc) is 3.29. The highest BCUT2D eigenvalue weighted by molar-refractivity contribution is 5.83. The van der Waals surface area contributed by atoms with Crippen LogP contribution in [0.5, 0.6) is 0 Å². The Morgan fingerprint density at radius 1 is 1.31 bits per heavy atom. The molecule has 2 amide bonds. The van der Waals surface area contributed by atoms with E-state index in [1.807, 2.05) is 13.8 Å². The van der Waals surface area contributed by atoms with Crippen LogP contribution in [-0.2, 0) is 14.3 Å². The fraction of sp³-hybridized carbons (Fsp3) is 0.586. The number of amides is 2. The van der Waals surface area contributed by atoms with Crippen LogP contribution >= 0.6 is 0 Å². The Hall–Kier alpha value is -2.69. The van der Waals surface area contributed by atoms with Gasteiger partial charge in [-0.1, -0.05) is 51.2 Å². The van der Waals surface area contributed by atoms with Crippen LogP contribution in [0.25, 0.3) is 0 Å². The number of alkyl halides is 3. The monoisotopic (exact) mass is 552 g/mol. The summed E-state index contributed by atoms with van der Waals surface area (Å²) in [6, 6.07) is -0.512. The molecule has 0 saturated heterocycles. The van der Waals surface area contributed by atoms with Gasteiger partial charge in [0.25, 0.3) is 0 Å². The first kappa shape index (κ1) is 30.8. The van der Waals surface area contributed by atoms with Gasteiger partial charge in [0, 0.05) is 25.0 Å². The van der Waals surface area contributed by atoms with Crippen molar-refractivity contribution in [3.05, 3.63) is 59.8 Å². The molecule has 0 radical (unpaired) electrons. The molecule has 0 aromatic carbocycles. The second-order valence-corrected chi connectivity index (χ2v) is 10.5. The number of halogens is 3. The van der Waals surface area contributed by atoms with Crippen LogP contribution in [0.4, 0.5) is 18.0 Å². The molecule has 3 rings (SSSR count). The normalized spacial score (nSPS) is 29.9. The maximum Gasteiger partial charge on any atom is 0.425 e. The minimum Gasteiger partial charge on any atom is -0.388 e. The molecule has 0 spiro atoms. The second kappa shape index (κ2) is 12.7. The molecule has 1 aliphatic heterocycles. The van der Waals surface area contributed by atoms with E-state index in [9.17, 15) is 27.9 Å². The second-order valence-electron chi connectivity index (χ2n) is 10.5. The summed E-state index contributed by atoms with van der Waals surface area (Å²) in [5.41, 5.74) is -2.52. The summed E-state index contributed by atoms with van der Waals surface area (Å²) in [5, 5.41) is 15.5. The summed E-state index contributed by atoms with van der Waals surface area (Å²) in [6.07, 6.45) is 6.66. The molecular formula is C29H39F3N2O5. The summed E-state index contributed by atoms with van der Waals surface area (Å²) < 4.78 is 52.9. The first-order valence-electron chi connectivity index (χ1n) is 13.4. The van der Waals surface area contributed by atoms with Gasteiger partial charge in [0.15, 0.2) is 0 Å². The van der Waals surface area contributed by atoms with Crippen LogP contribution < -0.4 is 10.6 Å². The maximum atomic E-state index is 13.8. The lowest BCUT2D eigenvalue weighted by Gasteiger charge is -2.33. The van der Waals surface area contributed by atoms with E-state index in [0.717, 1.165) is 12.5 Å². The van der Waals surface area contributed by atoms with Crippen molar-refractivity contribution < 1.29 is 37.3 Å². The minimum atomic E-state index is -4.60. The van der Waals surface area contributed by atoms with E-state index in [1.165, 1.54) is 6.08 Å². The van der Waals surface area contributed by atoms with Gasteiger partial charge >= 0.3 is 12.2 Å². The van der Waals surface area contributed by atoms with Crippen LogP contribution in [-0.4, -0.2) is 66.7 Å². The van der Waals surface area contributed by atoms with Crippen molar-refractivity contribution in [2.45, 2.75) is 76.0 Å². The number of aldehydes is 1. The van der Waals surface area contributed by atoms with Gasteiger partial charge in [-0.2, -0.15) is 13.2 Å². The molecule has 0 aromatic heterocycles. The van der Waals surface area contributed by atoms with Gasteiger partial charge < -0.3 is 30.0 Å². The molecule has 0 aromatic rings. The molecule has 7 nitrogen and oxygen atoms in total. The first-order valence-corrected chi connectivity index (χ1v) is 13.4. The largest absolute Gasteiger partial charge is 0.425 e. The predicted molar refractivity (Wildman–Crippen MR) is 142 cm³/mol. The molecule has 39 heavy (non-hydrogen) atoms. The molecule has 2 aliphatic carbocycles. The topological polar surface area (TPSA) is 96.9 Å². The zero-order valence-electron chi connectivity index (χ0n) is 22.7. The fourth-order valence-electron chi connectivity index (χ4n) is 5.19. The van der Waals surface area contributed by atoms with Crippen molar-refractivity contribution in [1.82, 2.24) is 10.6 Å². The molecule has 216 valence electrons. The van der Waals surface area contributed by atoms with Crippen molar-refractivity contribution in [3.63, 3.8) is 0 Å². The van der Waals surface area contributed by atoms with E-state index in [2.05, 4.69) is 17.2 Å². The number of carbonyl (C=O) groups is 2. The lowest BCUT2D eigenvalue weighted by Crippen LogP contribution is -2.53. The van der Waals surface area contributed by atoms with Gasteiger partial charge in [0.1, 0.15) is 11.8 Å². The van der Waals surface area contributed by atoms with E-state index in [1.54, 1.807) is 31.2 Å². The highest BCUT2D eigenvalue weighted by Crippen LogP contribution is 2.50. The molecule has 3 N–H and O–H groups in total. The first-order chi connectivity index (χ1) is 18.4. The van der Waals surface area contributed by atoms with Gasteiger partial charge in [-0.25, -0.2) is 4.79 Å². The van der Waals surface area contributed by atoms with Gasteiger partial charge in [0.05, 0.1) is 18.8 Å². The van der Waals surface area contributed by atoms with Crippen molar-refractivity contribution >= 4 is 12.3 Å². The van der Waals surface area contributed by atoms with E-state index in [-0.39, 0.29) is 30.1 Å². The quantitative estimate of drug-likeness (QED) is 0.185. The van der Waals surface area contributed by atoms with Crippen molar-refractivity contribution in [2.75, 3.05) is 19.8 Å². The van der Waals surface area contributed by atoms with Crippen LogP contribution in [0.15, 0.2) is 59.8 Å². The summed E-state index contributed by atoms with van der Waals surface area (Å²) in [7, 11) is 0. The summed E-state index contributed by atoms with van der Waals surface area (Å²) in [4.78, 5) is 24.2. The Morgan fingerprint density at radius 3 is 2.67 bits per heavy atom. The Labute approximate surface area is 227 Å². The molecule has 0 bridgehead atoms. The lowest BCUT2D eigenvalue weighted by molar-refractivity contribution is -0.232. The predicted octanol–water partition coefficient (Wildman–Crippen LogP) is 4.70. The van der Waals surface area contributed by atoms with E-state index in [4.69, 9.17) is 9.47 Å². The Bertz CT molecular complexity index is 1050. The highest BCUT2D eigenvalue weighted by atomic mass is 19.4. The van der Waals surface area contributed by atoms with E-state index < -0.39 is 29.5 Å². The zero-order chi connectivity index (χ0) is 28.8. The molecule has 0 saturated carbocycles. The molecule has 0 fully saturated rings. The minimum absolute atomic E-state index is 0.0760. The number of unbranched alkanes of at least 4 members (excludes halogenated alkanes) is 1. The third-order valence-electron chi connectivity index (χ3n) is 7.65. The maximum absolute atomic E-state index is 13.8. The smallest absolute Gasteiger partial charge is 0.388 e. The molecule has 6 atom stereocenters. The van der Waals surface area contributed by atoms with Gasteiger partial charge in [0.2, 0.25) is 5.60 Å². The van der Waals surface area contributed by atoms with Gasteiger partial charge in [-0.15, -0.1) is 0 Å². The van der Waals surface area contributed by atoms with Crippen molar-refractivity contribution in [1.29, 1.82) is 0 Å². The highest BCUT2D eigenvalue weighted by Gasteiger charge is 2.60. The van der Waals surface area contributed by atoms with Gasteiger partial charge in [-0.05, 0) is 55.1 Å². The molecule has 1 heterocycles. The number of hydrogen-bond acceptors (Lipinski definition) is 5. The lowest BCUT2D eigenvalue weighted by atomic mass is 9.78. The standard InChI is InChI=1S/C29H39F3N2O5/c1-5-9-21-22-17-39-28(6-2,29(30,31)32)23(22)12-13-25(21)38-15-8-7-14-33-26(37)34-27(4,18-35)20-11-10-19(3)24(36)16-20/h6,10-13,16,18-19,21,24-25,36H,2,5,7-9,14-15,17H2,1,3-4H3,(H2,33,34,37). The summed E-state index contributed by atoms with van der Waals surface area (Å²) in [5.74, 6) is -0.290. The molecule has 10 heteroatoms. The number of aliphatic hydroxyl groups is 1. The molecule has 3 aliphatic rings. The number of nitrogens with one attached hydrogen (secondary N) is 2. The average molecular weight is 553 g/mol. The zero-order valence-corrected chi connectivity index (χ0v) is 22.7. The van der Waals surface area contributed by atoms with Crippen LogP contribution in [0.1, 0.15) is 46.5 Å². The molecule has 6 unspecified atom stereocenters. The number of rotatable bonds is 12. The van der Waals surface area contributed by atoms with Gasteiger partial charge in [-0.3, -0.25) is 0 Å². The van der Waals surface area contributed by atoms with Crippen LogP contribution in [0.2, 0.25) is 0 Å². The third kappa shape index (κ3) is 6.56. The number of urea groups is 1. The van der Waals surface area contributed by atoms with E-state index >= 15 is 0 Å². The number of ether oxygens (including phenoxy) is 2. The SMILES string of the molecule is C=CC1(C(F)(F)F)OCC2=C1C=CC(OCCCCNC(=O)NC(C)(C=O)C1=CC(O)C(C)C=C1)C2CCC. The Balaban J connectivity index is 1.47. The molecular weight excluding hydrogens is 513 g/mol. The fourth-order valence-corrected chi connectivity index (χ4v) is 5.19. The number of hydrogen-bond donors (Lipinski definition) is 3. The van der Waals surface area contributed by atoms with Crippen LogP contribution in [0, 0.1) is 11.8 Å². The Morgan fingerprint density at radius 2 is 2.05 bits per heavy atom. The van der Waals surface area contributed by atoms with Crippen molar-refractivity contribution in [2.24, 2.45) is 11.8 Å². The van der Waals surface area contributed by atoms with Crippen LogP contribution in [0.3, 0.4) is 0 Å².